The molecule has 5 atom stereocenters. The maximum absolute atomic E-state index is 6.34. The van der Waals surface area contributed by atoms with E-state index in [0.29, 0.717) is 27.0 Å². The number of halogens is 3. The summed E-state index contributed by atoms with van der Waals surface area (Å²) in [6.45, 7) is 3.96. The highest BCUT2D eigenvalue weighted by Gasteiger charge is 2.67. The van der Waals surface area contributed by atoms with Crippen molar-refractivity contribution in [2.75, 3.05) is 0 Å². The molecule has 0 radical (unpaired) electrons. The van der Waals surface area contributed by atoms with E-state index in [1.165, 1.54) is 6.42 Å². The summed E-state index contributed by atoms with van der Waals surface area (Å²) in [6, 6.07) is 1.94. The van der Waals surface area contributed by atoms with Crippen LogP contribution in [0.15, 0.2) is 15.4 Å². The number of hydrogen-bond donors (Lipinski definition) is 0. The molecular formula is C15H14Br2ClN3O2. The number of pyridine rings is 1. The third-order valence-electron chi connectivity index (χ3n) is 5.08. The third kappa shape index (κ3) is 2.10. The van der Waals surface area contributed by atoms with Crippen LogP contribution in [0.2, 0.25) is 5.02 Å². The van der Waals surface area contributed by atoms with Crippen molar-refractivity contribution in [1.29, 1.82) is 0 Å². The van der Waals surface area contributed by atoms with Gasteiger partial charge in [0.1, 0.15) is 16.2 Å². The number of ether oxygens (including phenoxy) is 2. The molecular weight excluding hydrogens is 449 g/mol. The number of hydrogen-bond acceptors (Lipinski definition) is 4. The minimum absolute atomic E-state index is 0.0296. The van der Waals surface area contributed by atoms with Crippen molar-refractivity contribution in [2.45, 2.75) is 44.3 Å². The molecule has 0 amide bonds. The molecule has 0 spiro atoms. The van der Waals surface area contributed by atoms with Crippen molar-refractivity contribution in [3.8, 4) is 0 Å². The van der Waals surface area contributed by atoms with Gasteiger partial charge in [0.2, 0.25) is 0 Å². The number of fused-ring (bicyclic) bond motifs is 4. The Morgan fingerprint density at radius 2 is 1.96 bits per heavy atom. The fourth-order valence-corrected chi connectivity index (χ4v) is 5.58. The molecule has 5 rings (SSSR count). The normalized spacial score (nSPS) is 37.2. The Kier molecular flexibility index (Phi) is 3.08. The molecule has 2 saturated carbocycles. The summed E-state index contributed by atoms with van der Waals surface area (Å²) in [5.74, 6) is 0.587. The van der Waals surface area contributed by atoms with Gasteiger partial charge >= 0.3 is 0 Å². The van der Waals surface area contributed by atoms with E-state index in [2.05, 4.69) is 46.4 Å². The number of aromatic nitrogens is 3. The zero-order valence-electron chi connectivity index (χ0n) is 12.5. The highest BCUT2D eigenvalue weighted by molar-refractivity contribution is 9.10. The lowest BCUT2D eigenvalue weighted by Crippen LogP contribution is -2.30. The first kappa shape index (κ1) is 15.1. The lowest BCUT2D eigenvalue weighted by Gasteiger charge is -2.25. The van der Waals surface area contributed by atoms with E-state index in [9.17, 15) is 0 Å². The van der Waals surface area contributed by atoms with Crippen LogP contribution >= 0.6 is 43.5 Å². The van der Waals surface area contributed by atoms with Gasteiger partial charge in [0, 0.05) is 0 Å². The second-order valence-electron chi connectivity index (χ2n) is 6.97. The fraction of sp³-hybridized carbons (Fsp3) is 0.600. The van der Waals surface area contributed by atoms with Crippen LogP contribution in [0.1, 0.15) is 26.3 Å². The molecule has 0 aromatic carbocycles. The Balaban J connectivity index is 1.68. The van der Waals surface area contributed by atoms with Crippen molar-refractivity contribution in [1.82, 2.24) is 14.5 Å². The van der Waals surface area contributed by atoms with E-state index in [1.54, 1.807) is 6.07 Å². The van der Waals surface area contributed by atoms with E-state index in [1.807, 2.05) is 13.8 Å². The number of rotatable bonds is 1. The van der Waals surface area contributed by atoms with Crippen molar-refractivity contribution >= 4 is 54.6 Å². The highest BCUT2D eigenvalue weighted by atomic mass is 79.9. The second kappa shape index (κ2) is 4.69. The molecule has 5 nitrogen and oxygen atoms in total. The van der Waals surface area contributed by atoms with Gasteiger partial charge in [-0.1, -0.05) is 11.6 Å². The largest absolute Gasteiger partial charge is 0.344 e. The monoisotopic (exact) mass is 461 g/mol. The van der Waals surface area contributed by atoms with Crippen LogP contribution in [-0.2, 0) is 9.47 Å². The smallest absolute Gasteiger partial charge is 0.179 e. The van der Waals surface area contributed by atoms with Crippen molar-refractivity contribution < 1.29 is 9.47 Å². The molecule has 8 heteroatoms. The van der Waals surface area contributed by atoms with Crippen LogP contribution < -0.4 is 0 Å². The third-order valence-corrected chi connectivity index (χ3v) is 6.33. The Morgan fingerprint density at radius 1 is 1.22 bits per heavy atom. The summed E-state index contributed by atoms with van der Waals surface area (Å²) >= 11 is 13.4. The maximum Gasteiger partial charge on any atom is 0.179 e. The lowest BCUT2D eigenvalue weighted by atomic mass is 10.1. The van der Waals surface area contributed by atoms with Gasteiger partial charge in [-0.15, -0.1) is 0 Å². The molecule has 0 N–H and O–H groups in total. The summed E-state index contributed by atoms with van der Waals surface area (Å²) in [7, 11) is 0. The number of nitrogens with zero attached hydrogens (tertiary/aromatic N) is 3. The molecule has 0 unspecified atom stereocenters. The topological polar surface area (TPSA) is 49.2 Å². The predicted octanol–water partition coefficient (Wildman–Crippen LogP) is 4.32. The predicted molar refractivity (Wildman–Crippen MR) is 92.4 cm³/mol. The quantitative estimate of drug-likeness (QED) is 0.591. The average molecular weight is 464 g/mol. The minimum Gasteiger partial charge on any atom is -0.344 e. The molecule has 2 aromatic rings. The standard InChI is InChI=1S/C15H14Br2ClN3O2/c1-15(2)22-11-6-3-5(6)10(12(11)23-15)21-13-9(20-14(21)17)7(18)4-8(16)19-13/h4-6,10-12H,3H2,1-2H3/t5-,6+,10+,11+,12-/m0/s1. The van der Waals surface area contributed by atoms with E-state index in [-0.39, 0.29) is 18.2 Å². The van der Waals surface area contributed by atoms with Crippen molar-refractivity contribution in [3.63, 3.8) is 0 Å². The zero-order valence-corrected chi connectivity index (χ0v) is 16.4. The van der Waals surface area contributed by atoms with Gasteiger partial charge < -0.3 is 9.47 Å². The molecule has 3 heterocycles. The average Bonchev–Trinajstić information content (AvgIpc) is 2.96. The Labute approximate surface area is 155 Å². The lowest BCUT2D eigenvalue weighted by molar-refractivity contribution is -0.156. The zero-order chi connectivity index (χ0) is 16.1. The second-order valence-corrected chi connectivity index (χ2v) is 8.90. The summed E-state index contributed by atoms with van der Waals surface area (Å²) in [5, 5.41) is 0.590. The van der Waals surface area contributed by atoms with Crippen molar-refractivity contribution in [2.24, 2.45) is 11.8 Å². The molecule has 3 aliphatic rings. The molecule has 23 heavy (non-hydrogen) atoms. The van der Waals surface area contributed by atoms with Gasteiger partial charge in [-0.2, -0.15) is 0 Å². The Hall–Kier alpha value is -0.210. The summed E-state index contributed by atoms with van der Waals surface area (Å²) in [4.78, 5) is 9.18. The first-order valence-corrected chi connectivity index (χ1v) is 9.57. The van der Waals surface area contributed by atoms with Gasteiger partial charge in [-0.05, 0) is 70.0 Å². The van der Waals surface area contributed by atoms with E-state index in [4.69, 9.17) is 21.1 Å². The Morgan fingerprint density at radius 3 is 2.74 bits per heavy atom. The molecule has 2 aliphatic carbocycles. The minimum atomic E-state index is -0.532. The summed E-state index contributed by atoms with van der Waals surface area (Å²) < 4.78 is 15.9. The fourth-order valence-electron chi connectivity index (χ4n) is 4.24. The van der Waals surface area contributed by atoms with E-state index in [0.717, 1.165) is 10.4 Å². The maximum atomic E-state index is 6.34. The Bertz CT molecular complexity index is 840. The van der Waals surface area contributed by atoms with Gasteiger partial charge in [0.05, 0.1) is 17.2 Å². The summed E-state index contributed by atoms with van der Waals surface area (Å²) in [5.41, 5.74) is 1.49. The van der Waals surface area contributed by atoms with Gasteiger partial charge in [0.25, 0.3) is 0 Å². The van der Waals surface area contributed by atoms with Crippen LogP contribution in [0, 0.1) is 11.8 Å². The van der Waals surface area contributed by atoms with Crippen molar-refractivity contribution in [3.05, 3.63) is 20.4 Å². The molecule has 3 fully saturated rings. The number of imidazole rings is 1. The van der Waals surface area contributed by atoms with Crippen LogP contribution in [0.4, 0.5) is 0 Å². The molecule has 1 saturated heterocycles. The van der Waals surface area contributed by atoms with Gasteiger partial charge in [-0.3, -0.25) is 4.57 Å². The molecule has 0 bridgehead atoms. The van der Waals surface area contributed by atoms with E-state index >= 15 is 0 Å². The summed E-state index contributed by atoms with van der Waals surface area (Å²) in [6.07, 6.45) is 1.35. The first-order chi connectivity index (χ1) is 10.9. The van der Waals surface area contributed by atoms with Crippen LogP contribution in [0.5, 0.6) is 0 Å². The highest BCUT2D eigenvalue weighted by Crippen LogP contribution is 2.63. The molecule has 1 aliphatic heterocycles. The van der Waals surface area contributed by atoms with Crippen LogP contribution in [-0.4, -0.2) is 32.5 Å². The molecule has 122 valence electrons. The van der Waals surface area contributed by atoms with Gasteiger partial charge in [0.15, 0.2) is 16.2 Å². The first-order valence-electron chi connectivity index (χ1n) is 7.61. The van der Waals surface area contributed by atoms with E-state index < -0.39 is 5.79 Å². The van der Waals surface area contributed by atoms with Gasteiger partial charge in [-0.25, -0.2) is 9.97 Å². The SMILES string of the molecule is CC1(C)O[C@@H]2[C@@H]3C[C@@H]3[C@@H](n3c(Br)nc4c(Cl)cc(Br)nc43)[C@@H]2O1. The van der Waals surface area contributed by atoms with Crippen LogP contribution in [0.3, 0.4) is 0 Å². The van der Waals surface area contributed by atoms with Crippen LogP contribution in [0.25, 0.3) is 11.2 Å². The molecule has 2 aromatic heterocycles.